The van der Waals surface area contributed by atoms with Gasteiger partial charge in [-0.15, -0.1) is 0 Å². The maximum atomic E-state index is 10.7. The lowest BCUT2D eigenvalue weighted by Gasteiger charge is -2.33. The lowest BCUT2D eigenvalue weighted by Crippen LogP contribution is -2.40. The number of aliphatic hydroxyl groups is 1. The fourth-order valence-corrected chi connectivity index (χ4v) is 2.80. The van der Waals surface area contributed by atoms with E-state index in [4.69, 9.17) is 5.73 Å². The first-order valence-electron chi connectivity index (χ1n) is 7.59. The zero-order valence-corrected chi connectivity index (χ0v) is 12.4. The molecule has 0 saturated carbocycles. The molecule has 5 nitrogen and oxygen atoms in total. The average molecular weight is 291 g/mol. The topological polar surface area (TPSA) is 78.6 Å². The Labute approximate surface area is 126 Å². The summed E-state index contributed by atoms with van der Waals surface area (Å²) in [5.41, 5.74) is 6.08. The first-order chi connectivity index (χ1) is 10.1. The molecule has 116 valence electrons. The summed E-state index contributed by atoms with van der Waals surface area (Å²) in [4.78, 5) is 13.0. The lowest BCUT2D eigenvalue weighted by atomic mass is 9.96. The van der Waals surface area contributed by atoms with Gasteiger partial charge in [0.05, 0.1) is 12.6 Å². The summed E-state index contributed by atoms with van der Waals surface area (Å²) in [7, 11) is 0. The second-order valence-electron chi connectivity index (χ2n) is 5.77. The summed E-state index contributed by atoms with van der Waals surface area (Å²) in [6.45, 7) is 3.77. The van der Waals surface area contributed by atoms with Crippen molar-refractivity contribution in [3.63, 3.8) is 0 Å². The van der Waals surface area contributed by atoms with Gasteiger partial charge in [0, 0.05) is 6.54 Å². The van der Waals surface area contributed by atoms with Gasteiger partial charge >= 0.3 is 0 Å². The number of likely N-dealkylation sites (tertiary alicyclic amines) is 1. The Kier molecular flexibility index (Phi) is 6.17. The highest BCUT2D eigenvalue weighted by Gasteiger charge is 2.21. The molecule has 1 aliphatic rings. The largest absolute Gasteiger partial charge is 0.387 e. The van der Waals surface area contributed by atoms with Crippen molar-refractivity contribution in [2.45, 2.75) is 18.9 Å². The monoisotopic (exact) mass is 291 g/mol. The summed E-state index contributed by atoms with van der Waals surface area (Å²) in [5, 5.41) is 13.3. The number of hydrogen-bond acceptors (Lipinski definition) is 4. The number of β-amino-alcohol motifs (C(OH)–C–C–N with tert-alkyl or cyclic N) is 1. The lowest BCUT2D eigenvalue weighted by molar-refractivity contribution is -0.117. The minimum absolute atomic E-state index is 0.257. The van der Waals surface area contributed by atoms with Crippen LogP contribution >= 0.6 is 0 Å². The first-order valence-corrected chi connectivity index (χ1v) is 7.59. The van der Waals surface area contributed by atoms with Crippen LogP contribution in [0.4, 0.5) is 0 Å². The molecule has 0 spiro atoms. The molecule has 1 aliphatic heterocycles. The average Bonchev–Trinajstić information content (AvgIpc) is 2.49. The van der Waals surface area contributed by atoms with Crippen LogP contribution in [0.15, 0.2) is 30.3 Å². The van der Waals surface area contributed by atoms with Crippen molar-refractivity contribution in [3.05, 3.63) is 35.9 Å². The van der Waals surface area contributed by atoms with Gasteiger partial charge in [0.1, 0.15) is 0 Å². The van der Waals surface area contributed by atoms with E-state index >= 15 is 0 Å². The summed E-state index contributed by atoms with van der Waals surface area (Å²) >= 11 is 0. The number of nitrogens with one attached hydrogen (secondary N) is 1. The van der Waals surface area contributed by atoms with E-state index in [1.807, 2.05) is 30.3 Å². The number of rotatable bonds is 7. The van der Waals surface area contributed by atoms with Crippen molar-refractivity contribution >= 4 is 5.91 Å². The van der Waals surface area contributed by atoms with E-state index in [-0.39, 0.29) is 12.5 Å². The van der Waals surface area contributed by atoms with Crippen LogP contribution in [0, 0.1) is 5.92 Å². The molecule has 5 heteroatoms. The zero-order chi connectivity index (χ0) is 15.1. The van der Waals surface area contributed by atoms with E-state index in [0.717, 1.165) is 38.0 Å². The third kappa shape index (κ3) is 5.46. The number of amides is 1. The van der Waals surface area contributed by atoms with E-state index in [1.54, 1.807) is 0 Å². The van der Waals surface area contributed by atoms with Crippen LogP contribution in [-0.4, -0.2) is 48.6 Å². The Balaban J connectivity index is 1.68. The Morgan fingerprint density at radius 3 is 2.62 bits per heavy atom. The van der Waals surface area contributed by atoms with E-state index < -0.39 is 6.10 Å². The number of piperidine rings is 1. The standard InChI is InChI=1S/C16H25N3O2/c17-16(21)11-18-10-13-6-8-19(9-7-13)12-15(20)14-4-2-1-3-5-14/h1-5,13,15,18,20H,6-12H2,(H2,17,21)/t15-/m1/s1. The summed E-state index contributed by atoms with van der Waals surface area (Å²) in [5.74, 6) is 0.285. The van der Waals surface area contributed by atoms with Crippen LogP contribution in [0.5, 0.6) is 0 Å². The van der Waals surface area contributed by atoms with E-state index in [0.29, 0.717) is 12.5 Å². The highest BCUT2D eigenvalue weighted by Crippen LogP contribution is 2.20. The van der Waals surface area contributed by atoms with Crippen LogP contribution in [0.25, 0.3) is 0 Å². The number of aliphatic hydroxyl groups excluding tert-OH is 1. The Hall–Kier alpha value is -1.43. The molecular formula is C16H25N3O2. The number of nitrogens with two attached hydrogens (primary N) is 1. The van der Waals surface area contributed by atoms with Gasteiger partial charge in [-0.3, -0.25) is 4.79 Å². The van der Waals surface area contributed by atoms with Crippen molar-refractivity contribution in [3.8, 4) is 0 Å². The van der Waals surface area contributed by atoms with E-state index in [2.05, 4.69) is 10.2 Å². The van der Waals surface area contributed by atoms with Crippen molar-refractivity contribution in [2.75, 3.05) is 32.7 Å². The fourth-order valence-electron chi connectivity index (χ4n) is 2.80. The Morgan fingerprint density at radius 1 is 1.33 bits per heavy atom. The van der Waals surface area contributed by atoms with Crippen LogP contribution in [0.2, 0.25) is 0 Å². The second kappa shape index (κ2) is 8.12. The minimum Gasteiger partial charge on any atom is -0.387 e. The van der Waals surface area contributed by atoms with Gasteiger partial charge in [0.2, 0.25) is 5.91 Å². The highest BCUT2D eigenvalue weighted by molar-refractivity contribution is 5.75. The number of carbonyl (C=O) groups excluding carboxylic acids is 1. The van der Waals surface area contributed by atoms with Crippen LogP contribution in [-0.2, 0) is 4.79 Å². The molecule has 0 aromatic heterocycles. The molecule has 0 unspecified atom stereocenters. The molecule has 1 atom stereocenters. The number of carbonyl (C=O) groups is 1. The summed E-state index contributed by atoms with van der Waals surface area (Å²) < 4.78 is 0. The number of primary amides is 1. The van der Waals surface area contributed by atoms with Crippen LogP contribution < -0.4 is 11.1 Å². The van der Waals surface area contributed by atoms with Gasteiger partial charge < -0.3 is 21.1 Å². The van der Waals surface area contributed by atoms with Crippen molar-refractivity contribution in [2.24, 2.45) is 11.7 Å². The quantitative estimate of drug-likeness (QED) is 0.684. The van der Waals surface area contributed by atoms with Crippen molar-refractivity contribution in [1.29, 1.82) is 0 Å². The maximum absolute atomic E-state index is 10.7. The van der Waals surface area contributed by atoms with E-state index in [9.17, 15) is 9.90 Å². The maximum Gasteiger partial charge on any atom is 0.231 e. The van der Waals surface area contributed by atoms with Gasteiger partial charge in [0.15, 0.2) is 0 Å². The molecule has 4 N–H and O–H groups in total. The molecule has 1 aromatic rings. The SMILES string of the molecule is NC(=O)CNCC1CCN(C[C@@H](O)c2ccccc2)CC1. The molecule has 0 bridgehead atoms. The molecule has 1 heterocycles. The van der Waals surface area contributed by atoms with Crippen molar-refractivity contribution < 1.29 is 9.90 Å². The van der Waals surface area contributed by atoms with Crippen molar-refractivity contribution in [1.82, 2.24) is 10.2 Å². The Bertz CT molecular complexity index is 430. The highest BCUT2D eigenvalue weighted by atomic mass is 16.3. The van der Waals surface area contributed by atoms with E-state index in [1.165, 1.54) is 0 Å². The van der Waals surface area contributed by atoms with Gasteiger partial charge in [-0.05, 0) is 44.0 Å². The third-order valence-corrected chi connectivity index (χ3v) is 4.05. The molecule has 21 heavy (non-hydrogen) atoms. The molecular weight excluding hydrogens is 266 g/mol. The summed E-state index contributed by atoms with van der Waals surface area (Å²) in [6.07, 6.45) is 1.76. The fraction of sp³-hybridized carbons (Fsp3) is 0.562. The number of nitrogens with zero attached hydrogens (tertiary/aromatic N) is 1. The third-order valence-electron chi connectivity index (χ3n) is 4.05. The number of hydrogen-bond donors (Lipinski definition) is 3. The second-order valence-corrected chi connectivity index (χ2v) is 5.77. The molecule has 1 fully saturated rings. The molecule has 2 rings (SSSR count). The van der Waals surface area contributed by atoms with Crippen LogP contribution in [0.3, 0.4) is 0 Å². The van der Waals surface area contributed by atoms with Gasteiger partial charge in [-0.2, -0.15) is 0 Å². The predicted octanol–water partition coefficient (Wildman–Crippen LogP) is 0.507. The van der Waals surface area contributed by atoms with Gasteiger partial charge in [0.25, 0.3) is 0 Å². The number of benzene rings is 1. The molecule has 1 aromatic carbocycles. The smallest absolute Gasteiger partial charge is 0.231 e. The normalized spacial score (nSPS) is 18.5. The Morgan fingerprint density at radius 2 is 2.00 bits per heavy atom. The van der Waals surface area contributed by atoms with Crippen LogP contribution in [0.1, 0.15) is 24.5 Å². The van der Waals surface area contributed by atoms with Gasteiger partial charge in [-0.25, -0.2) is 0 Å². The molecule has 1 amide bonds. The molecule has 0 aliphatic carbocycles. The first kappa shape index (κ1) is 15.9. The zero-order valence-electron chi connectivity index (χ0n) is 12.4. The minimum atomic E-state index is -0.421. The summed E-state index contributed by atoms with van der Waals surface area (Å²) in [6, 6.07) is 9.79. The predicted molar refractivity (Wildman–Crippen MR) is 82.6 cm³/mol. The van der Waals surface area contributed by atoms with Gasteiger partial charge in [-0.1, -0.05) is 30.3 Å². The molecule has 1 saturated heterocycles. The molecule has 0 radical (unpaired) electrons.